The fraction of sp³-hybridized carbons (Fsp3) is 0.100. The molecule has 5 heteroatoms. The zero-order valence-corrected chi connectivity index (χ0v) is 13.9. The molecule has 2 aromatic rings. The summed E-state index contributed by atoms with van der Waals surface area (Å²) in [6.07, 6.45) is 5.19. The molecule has 0 fully saturated rings. The number of rotatable bonds is 5. The lowest BCUT2D eigenvalue weighted by atomic mass is 10.2. The Hall–Kier alpha value is -3.34. The van der Waals surface area contributed by atoms with Gasteiger partial charge in [-0.25, -0.2) is 9.79 Å². The van der Waals surface area contributed by atoms with E-state index in [2.05, 4.69) is 4.99 Å². The normalized spacial score (nSPS) is 15.4. The summed E-state index contributed by atoms with van der Waals surface area (Å²) < 4.78 is 15.8. The molecule has 0 bridgehead atoms. The van der Waals surface area contributed by atoms with Gasteiger partial charge in [-0.1, -0.05) is 42.5 Å². The second-order valence-corrected chi connectivity index (χ2v) is 5.16. The van der Waals surface area contributed by atoms with E-state index in [-0.39, 0.29) is 11.6 Å². The Labute approximate surface area is 145 Å². The highest BCUT2D eigenvalue weighted by Crippen LogP contribution is 2.24. The fourth-order valence-electron chi connectivity index (χ4n) is 2.41. The number of hydrogen-bond donors (Lipinski definition) is 0. The van der Waals surface area contributed by atoms with Gasteiger partial charge in [0.1, 0.15) is 11.5 Å². The molecule has 2 aromatic carbocycles. The van der Waals surface area contributed by atoms with Crippen LogP contribution < -0.4 is 9.47 Å². The largest absolute Gasteiger partial charge is 0.496 e. The van der Waals surface area contributed by atoms with Crippen molar-refractivity contribution in [2.45, 2.75) is 0 Å². The third-order valence-electron chi connectivity index (χ3n) is 3.63. The number of para-hydroxylation sites is 2. The van der Waals surface area contributed by atoms with E-state index in [1.165, 1.54) is 0 Å². The number of ether oxygens (including phenoxy) is 3. The monoisotopic (exact) mass is 335 g/mol. The molecule has 0 saturated carbocycles. The molecule has 0 N–H and O–H groups in total. The molecule has 3 rings (SSSR count). The zero-order chi connectivity index (χ0) is 17.6. The Morgan fingerprint density at radius 1 is 0.960 bits per heavy atom. The molecule has 0 aromatic heterocycles. The zero-order valence-electron chi connectivity index (χ0n) is 13.9. The summed E-state index contributed by atoms with van der Waals surface area (Å²) in [5.41, 5.74) is 1.77. The van der Waals surface area contributed by atoms with Crippen molar-refractivity contribution in [2.75, 3.05) is 14.2 Å². The minimum absolute atomic E-state index is 0.229. The van der Waals surface area contributed by atoms with Crippen LogP contribution in [0.2, 0.25) is 0 Å². The van der Waals surface area contributed by atoms with Crippen LogP contribution in [-0.2, 0) is 9.53 Å². The Kier molecular flexibility index (Phi) is 4.95. The van der Waals surface area contributed by atoms with Gasteiger partial charge in [0.2, 0.25) is 5.90 Å². The maximum atomic E-state index is 12.0. The van der Waals surface area contributed by atoms with Crippen LogP contribution in [0.15, 0.2) is 71.4 Å². The number of nitrogens with zero attached hydrogens (tertiary/aromatic N) is 1. The number of carbonyl (C=O) groups excluding carboxylic acids is 1. The van der Waals surface area contributed by atoms with Crippen LogP contribution >= 0.6 is 0 Å². The lowest BCUT2D eigenvalue weighted by molar-refractivity contribution is -0.130. The van der Waals surface area contributed by atoms with Gasteiger partial charge in [-0.3, -0.25) is 0 Å². The second-order valence-electron chi connectivity index (χ2n) is 5.16. The summed E-state index contributed by atoms with van der Waals surface area (Å²) in [6.45, 7) is 0. The number of methoxy groups -OCH3 is 2. The maximum absolute atomic E-state index is 12.0. The average Bonchev–Trinajstić information content (AvgIpc) is 3.02. The number of allylic oxidation sites excluding steroid dienone is 2. The van der Waals surface area contributed by atoms with Gasteiger partial charge in [0.25, 0.3) is 0 Å². The number of aliphatic imine (C=N–C) groups is 1. The molecule has 0 unspecified atom stereocenters. The molecule has 0 radical (unpaired) electrons. The first kappa shape index (κ1) is 16.5. The van der Waals surface area contributed by atoms with Crippen LogP contribution in [0.5, 0.6) is 11.5 Å². The molecule has 1 heterocycles. The molecule has 1 aliphatic heterocycles. The molecular formula is C20H17NO4. The highest BCUT2D eigenvalue weighted by atomic mass is 16.6. The van der Waals surface area contributed by atoms with Crippen LogP contribution in [0.4, 0.5) is 0 Å². The van der Waals surface area contributed by atoms with Crippen LogP contribution in [0.25, 0.3) is 6.08 Å². The van der Waals surface area contributed by atoms with Crippen molar-refractivity contribution in [3.05, 3.63) is 77.5 Å². The van der Waals surface area contributed by atoms with Gasteiger partial charge in [-0.05, 0) is 24.3 Å². The van der Waals surface area contributed by atoms with E-state index in [4.69, 9.17) is 14.2 Å². The van der Waals surface area contributed by atoms with E-state index in [0.29, 0.717) is 11.3 Å². The molecule has 0 spiro atoms. The van der Waals surface area contributed by atoms with Gasteiger partial charge in [-0.2, -0.15) is 0 Å². The van der Waals surface area contributed by atoms with Gasteiger partial charge >= 0.3 is 5.97 Å². The molecule has 0 saturated heterocycles. The van der Waals surface area contributed by atoms with Gasteiger partial charge in [-0.15, -0.1) is 0 Å². The number of esters is 1. The number of hydrogen-bond acceptors (Lipinski definition) is 5. The molecule has 0 aliphatic carbocycles. The predicted molar refractivity (Wildman–Crippen MR) is 95.7 cm³/mol. The Morgan fingerprint density at radius 3 is 2.40 bits per heavy atom. The highest BCUT2D eigenvalue weighted by Gasteiger charge is 2.25. The summed E-state index contributed by atoms with van der Waals surface area (Å²) in [4.78, 5) is 16.3. The summed E-state index contributed by atoms with van der Waals surface area (Å²) in [7, 11) is 3.17. The van der Waals surface area contributed by atoms with Crippen molar-refractivity contribution in [1.29, 1.82) is 0 Å². The van der Waals surface area contributed by atoms with E-state index in [0.717, 1.165) is 11.3 Å². The minimum atomic E-state index is -0.495. The van der Waals surface area contributed by atoms with E-state index in [1.807, 2.05) is 42.5 Å². The Balaban J connectivity index is 1.85. The first-order valence-corrected chi connectivity index (χ1v) is 7.68. The van der Waals surface area contributed by atoms with Crippen molar-refractivity contribution >= 4 is 17.9 Å². The smallest absolute Gasteiger partial charge is 0.363 e. The van der Waals surface area contributed by atoms with Gasteiger partial charge in [0.05, 0.1) is 19.8 Å². The summed E-state index contributed by atoms with van der Waals surface area (Å²) in [5, 5.41) is 0. The van der Waals surface area contributed by atoms with E-state index < -0.39 is 5.97 Å². The highest BCUT2D eigenvalue weighted by molar-refractivity contribution is 6.12. The lowest BCUT2D eigenvalue weighted by Gasteiger charge is -2.05. The minimum Gasteiger partial charge on any atom is -0.496 e. The third kappa shape index (κ3) is 3.61. The lowest BCUT2D eigenvalue weighted by Crippen LogP contribution is -2.06. The van der Waals surface area contributed by atoms with Gasteiger partial charge < -0.3 is 14.2 Å². The van der Waals surface area contributed by atoms with E-state index in [9.17, 15) is 4.79 Å². The van der Waals surface area contributed by atoms with Crippen molar-refractivity contribution in [3.8, 4) is 11.5 Å². The first-order valence-electron chi connectivity index (χ1n) is 7.68. The van der Waals surface area contributed by atoms with E-state index in [1.54, 1.807) is 38.5 Å². The summed E-state index contributed by atoms with van der Waals surface area (Å²) in [6, 6.07) is 14.8. The topological polar surface area (TPSA) is 57.1 Å². The molecule has 0 atom stereocenters. The second kappa shape index (κ2) is 7.49. The number of benzene rings is 2. The average molecular weight is 335 g/mol. The van der Waals surface area contributed by atoms with Crippen molar-refractivity contribution < 1.29 is 19.0 Å². The summed E-state index contributed by atoms with van der Waals surface area (Å²) in [5.74, 6) is 1.09. The standard InChI is InChI=1S/C20H17NO4/c1-23-17-12-5-3-8-14(17)9-7-11-16-20(22)25-19(21-16)15-10-4-6-13-18(15)24-2/h3-13H,1-2H3/b9-7+,16-11-. The molecule has 1 aliphatic rings. The molecule has 126 valence electrons. The van der Waals surface area contributed by atoms with E-state index >= 15 is 0 Å². The van der Waals surface area contributed by atoms with Crippen molar-refractivity contribution in [1.82, 2.24) is 0 Å². The fourth-order valence-corrected chi connectivity index (χ4v) is 2.41. The third-order valence-corrected chi connectivity index (χ3v) is 3.63. The Bertz CT molecular complexity index is 881. The SMILES string of the molecule is COc1ccccc1/C=C/C=C1\N=C(c2ccccc2OC)OC1=O. The van der Waals surface area contributed by atoms with Gasteiger partial charge in [0.15, 0.2) is 5.70 Å². The van der Waals surface area contributed by atoms with Gasteiger partial charge in [0, 0.05) is 5.56 Å². The molecular weight excluding hydrogens is 318 g/mol. The van der Waals surface area contributed by atoms with Crippen LogP contribution in [0, 0.1) is 0 Å². The summed E-state index contributed by atoms with van der Waals surface area (Å²) >= 11 is 0. The van der Waals surface area contributed by atoms with Crippen molar-refractivity contribution in [2.24, 2.45) is 4.99 Å². The quantitative estimate of drug-likeness (QED) is 0.619. The molecule has 5 nitrogen and oxygen atoms in total. The molecule has 0 amide bonds. The first-order chi connectivity index (χ1) is 12.2. The number of carbonyl (C=O) groups is 1. The molecule has 25 heavy (non-hydrogen) atoms. The van der Waals surface area contributed by atoms with Crippen LogP contribution in [-0.4, -0.2) is 26.1 Å². The predicted octanol–water partition coefficient (Wildman–Crippen LogP) is 3.60. The number of cyclic esters (lactones) is 1. The van der Waals surface area contributed by atoms with Crippen LogP contribution in [0.3, 0.4) is 0 Å². The Morgan fingerprint density at radius 2 is 1.64 bits per heavy atom. The van der Waals surface area contributed by atoms with Crippen LogP contribution in [0.1, 0.15) is 11.1 Å². The maximum Gasteiger partial charge on any atom is 0.363 e. The van der Waals surface area contributed by atoms with Crippen molar-refractivity contribution in [3.63, 3.8) is 0 Å².